The molecule has 0 amide bonds. The predicted molar refractivity (Wildman–Crippen MR) is 85.3 cm³/mol. The molecule has 0 saturated heterocycles. The largest absolute Gasteiger partial charge is 0.489 e. The predicted octanol–water partition coefficient (Wildman–Crippen LogP) is 4.46. The van der Waals surface area contributed by atoms with Gasteiger partial charge in [0.05, 0.1) is 0 Å². The molecule has 1 fully saturated rings. The Kier molecular flexibility index (Phi) is 5.26. The first-order chi connectivity index (χ1) is 9.94. The van der Waals surface area contributed by atoms with Gasteiger partial charge < -0.3 is 10.1 Å². The van der Waals surface area contributed by atoms with Crippen molar-refractivity contribution in [1.29, 1.82) is 0 Å². The van der Waals surface area contributed by atoms with E-state index in [4.69, 9.17) is 4.74 Å². The lowest BCUT2D eigenvalue weighted by atomic mass is 9.71. The average Bonchev–Trinajstić information content (AvgIpc) is 2.42. The van der Waals surface area contributed by atoms with E-state index < -0.39 is 0 Å². The third-order valence-corrected chi connectivity index (χ3v) is 4.57. The van der Waals surface area contributed by atoms with Crippen molar-refractivity contribution in [3.05, 3.63) is 29.6 Å². The van der Waals surface area contributed by atoms with Gasteiger partial charge in [0.25, 0.3) is 0 Å². The van der Waals surface area contributed by atoms with Crippen LogP contribution >= 0.6 is 0 Å². The van der Waals surface area contributed by atoms with E-state index >= 15 is 0 Å². The SMILES string of the molecule is CCCNC1C(Oc2ccc(C)c(F)c2)CCCC1(C)C. The number of benzene rings is 1. The Labute approximate surface area is 128 Å². The minimum atomic E-state index is -0.194. The van der Waals surface area contributed by atoms with Crippen LogP contribution in [0.1, 0.15) is 52.0 Å². The molecule has 1 aliphatic carbocycles. The van der Waals surface area contributed by atoms with E-state index in [2.05, 4.69) is 26.1 Å². The van der Waals surface area contributed by atoms with E-state index in [9.17, 15) is 4.39 Å². The molecule has 21 heavy (non-hydrogen) atoms. The standard InChI is InChI=1S/C18H28FNO/c1-5-11-20-17-16(7-6-10-18(17,3)4)21-14-9-8-13(2)15(19)12-14/h8-9,12,16-17,20H,5-7,10-11H2,1-4H3. The van der Waals surface area contributed by atoms with Crippen molar-refractivity contribution in [2.24, 2.45) is 5.41 Å². The first kappa shape index (κ1) is 16.3. The summed E-state index contributed by atoms with van der Waals surface area (Å²) in [7, 11) is 0. The molecule has 2 rings (SSSR count). The van der Waals surface area contributed by atoms with Crippen LogP contribution in [0.3, 0.4) is 0 Å². The van der Waals surface area contributed by atoms with E-state index in [0.717, 1.165) is 25.8 Å². The summed E-state index contributed by atoms with van der Waals surface area (Å²) in [4.78, 5) is 0. The molecule has 1 aromatic rings. The quantitative estimate of drug-likeness (QED) is 0.865. The summed E-state index contributed by atoms with van der Waals surface area (Å²) in [5.74, 6) is 0.449. The van der Waals surface area contributed by atoms with Crippen molar-refractivity contribution < 1.29 is 9.13 Å². The van der Waals surface area contributed by atoms with Crippen LogP contribution in [0.25, 0.3) is 0 Å². The number of hydrogen-bond donors (Lipinski definition) is 1. The van der Waals surface area contributed by atoms with Crippen LogP contribution in [0, 0.1) is 18.2 Å². The molecule has 0 spiro atoms. The Balaban J connectivity index is 2.12. The van der Waals surface area contributed by atoms with E-state index in [1.54, 1.807) is 13.0 Å². The number of rotatable bonds is 5. The summed E-state index contributed by atoms with van der Waals surface area (Å²) in [5, 5.41) is 3.64. The lowest BCUT2D eigenvalue weighted by Gasteiger charge is -2.44. The number of aryl methyl sites for hydroxylation is 1. The highest BCUT2D eigenvalue weighted by atomic mass is 19.1. The van der Waals surface area contributed by atoms with Crippen LogP contribution in [-0.4, -0.2) is 18.7 Å². The molecule has 0 heterocycles. The summed E-state index contributed by atoms with van der Waals surface area (Å²) >= 11 is 0. The second-order valence-corrected chi connectivity index (χ2v) is 6.88. The van der Waals surface area contributed by atoms with Crippen molar-refractivity contribution in [3.63, 3.8) is 0 Å². The molecule has 1 aliphatic rings. The highest BCUT2D eigenvalue weighted by Crippen LogP contribution is 2.37. The number of hydrogen-bond acceptors (Lipinski definition) is 2. The van der Waals surface area contributed by atoms with E-state index in [1.807, 2.05) is 6.07 Å². The van der Waals surface area contributed by atoms with Gasteiger partial charge in [-0.2, -0.15) is 0 Å². The minimum absolute atomic E-state index is 0.113. The third-order valence-electron chi connectivity index (χ3n) is 4.57. The molecular formula is C18H28FNO. The molecule has 0 bridgehead atoms. The fraction of sp³-hybridized carbons (Fsp3) is 0.667. The zero-order chi connectivity index (χ0) is 15.5. The molecule has 0 radical (unpaired) electrons. The first-order valence-electron chi connectivity index (χ1n) is 8.10. The van der Waals surface area contributed by atoms with Gasteiger partial charge in [0.2, 0.25) is 0 Å². The highest BCUT2D eigenvalue weighted by molar-refractivity contribution is 5.28. The molecule has 3 heteroatoms. The molecule has 2 nitrogen and oxygen atoms in total. The van der Waals surface area contributed by atoms with Crippen LogP contribution < -0.4 is 10.1 Å². The van der Waals surface area contributed by atoms with Gasteiger partial charge in [-0.15, -0.1) is 0 Å². The molecule has 0 aromatic heterocycles. The first-order valence-corrected chi connectivity index (χ1v) is 8.10. The molecule has 1 aromatic carbocycles. The maximum Gasteiger partial charge on any atom is 0.129 e. The van der Waals surface area contributed by atoms with Crippen molar-refractivity contribution in [3.8, 4) is 5.75 Å². The smallest absolute Gasteiger partial charge is 0.129 e. The van der Waals surface area contributed by atoms with Crippen LogP contribution in [0.15, 0.2) is 18.2 Å². The van der Waals surface area contributed by atoms with Crippen LogP contribution in [-0.2, 0) is 0 Å². The summed E-state index contributed by atoms with van der Waals surface area (Å²) in [5.41, 5.74) is 0.869. The van der Waals surface area contributed by atoms with Gasteiger partial charge in [-0.25, -0.2) is 4.39 Å². The number of halogens is 1. The molecule has 2 unspecified atom stereocenters. The second-order valence-electron chi connectivity index (χ2n) is 6.88. The second kappa shape index (κ2) is 6.78. The van der Waals surface area contributed by atoms with E-state index in [1.165, 1.54) is 12.5 Å². The zero-order valence-electron chi connectivity index (χ0n) is 13.7. The average molecular weight is 293 g/mol. The van der Waals surface area contributed by atoms with Gasteiger partial charge >= 0.3 is 0 Å². The molecule has 1 N–H and O–H groups in total. The van der Waals surface area contributed by atoms with Gasteiger partial charge in [-0.3, -0.25) is 0 Å². The molecular weight excluding hydrogens is 265 g/mol. The van der Waals surface area contributed by atoms with E-state index in [0.29, 0.717) is 17.4 Å². The molecule has 0 aliphatic heterocycles. The van der Waals surface area contributed by atoms with Crippen molar-refractivity contribution in [2.45, 2.75) is 65.5 Å². The van der Waals surface area contributed by atoms with Crippen molar-refractivity contribution in [1.82, 2.24) is 5.32 Å². The Bertz CT molecular complexity index is 472. The van der Waals surface area contributed by atoms with Gasteiger partial charge in [-0.05, 0) is 56.2 Å². The van der Waals surface area contributed by atoms with E-state index in [-0.39, 0.29) is 17.3 Å². The lowest BCUT2D eigenvalue weighted by Crippen LogP contribution is -2.54. The summed E-state index contributed by atoms with van der Waals surface area (Å²) in [6.45, 7) is 9.54. The fourth-order valence-electron chi connectivity index (χ4n) is 3.24. The zero-order valence-corrected chi connectivity index (χ0v) is 13.7. The van der Waals surface area contributed by atoms with Gasteiger partial charge in [-0.1, -0.05) is 26.8 Å². The van der Waals surface area contributed by atoms with Gasteiger partial charge in [0, 0.05) is 12.1 Å². The number of ether oxygens (including phenoxy) is 1. The molecule has 118 valence electrons. The minimum Gasteiger partial charge on any atom is -0.489 e. The maximum atomic E-state index is 13.7. The Morgan fingerprint density at radius 3 is 2.81 bits per heavy atom. The summed E-state index contributed by atoms with van der Waals surface area (Å²) < 4.78 is 19.8. The summed E-state index contributed by atoms with van der Waals surface area (Å²) in [6.07, 6.45) is 4.62. The molecule has 1 saturated carbocycles. The van der Waals surface area contributed by atoms with Crippen LogP contribution in [0.5, 0.6) is 5.75 Å². The fourth-order valence-corrected chi connectivity index (χ4v) is 3.24. The third kappa shape index (κ3) is 3.97. The summed E-state index contributed by atoms with van der Waals surface area (Å²) in [6, 6.07) is 5.48. The Morgan fingerprint density at radius 2 is 2.14 bits per heavy atom. The normalized spacial score (nSPS) is 24.8. The number of nitrogens with one attached hydrogen (secondary N) is 1. The lowest BCUT2D eigenvalue weighted by molar-refractivity contribution is 0.0363. The maximum absolute atomic E-state index is 13.7. The van der Waals surface area contributed by atoms with Gasteiger partial charge in [0.15, 0.2) is 0 Å². The van der Waals surface area contributed by atoms with Crippen LogP contribution in [0.2, 0.25) is 0 Å². The van der Waals surface area contributed by atoms with Crippen LogP contribution in [0.4, 0.5) is 4.39 Å². The topological polar surface area (TPSA) is 21.3 Å². The monoisotopic (exact) mass is 293 g/mol. The van der Waals surface area contributed by atoms with Crippen molar-refractivity contribution in [2.75, 3.05) is 6.54 Å². The molecule has 2 atom stereocenters. The van der Waals surface area contributed by atoms with Gasteiger partial charge in [0.1, 0.15) is 17.7 Å². The Hall–Kier alpha value is -1.09. The highest BCUT2D eigenvalue weighted by Gasteiger charge is 2.39. The Morgan fingerprint density at radius 1 is 1.38 bits per heavy atom. The van der Waals surface area contributed by atoms with Crippen molar-refractivity contribution >= 4 is 0 Å².